The van der Waals surface area contributed by atoms with Crippen molar-refractivity contribution in [1.82, 2.24) is 9.97 Å². The molecule has 0 spiro atoms. The number of benzene rings is 2. The number of nitrogens with zero attached hydrogens (tertiary/aromatic N) is 3. The van der Waals surface area contributed by atoms with Crippen LogP contribution in [0.15, 0.2) is 54.6 Å². The number of hydrogen-bond acceptors (Lipinski definition) is 5. The quantitative estimate of drug-likeness (QED) is 0.706. The van der Waals surface area contributed by atoms with Gasteiger partial charge in [0.1, 0.15) is 11.6 Å². The summed E-state index contributed by atoms with van der Waals surface area (Å²) >= 11 is 0. The number of aryl methyl sites for hydroxylation is 1. The lowest BCUT2D eigenvalue weighted by Gasteiger charge is -2.30. The van der Waals surface area contributed by atoms with Gasteiger partial charge >= 0.3 is 0 Å². The predicted molar refractivity (Wildman–Crippen MR) is 113 cm³/mol. The molecule has 0 saturated carbocycles. The maximum atomic E-state index is 5.21. The van der Waals surface area contributed by atoms with Crippen molar-refractivity contribution in [2.45, 2.75) is 26.3 Å². The molecule has 0 bridgehead atoms. The molecule has 4 rings (SSSR count). The number of fused-ring (bicyclic) bond motifs is 1. The molecule has 0 aliphatic carbocycles. The highest BCUT2D eigenvalue weighted by Gasteiger charge is 2.18. The first-order chi connectivity index (χ1) is 13.7. The minimum atomic E-state index is 0.697. The summed E-state index contributed by atoms with van der Waals surface area (Å²) in [5.41, 5.74) is 5.08. The average molecular weight is 374 g/mol. The van der Waals surface area contributed by atoms with Crippen molar-refractivity contribution in [2.75, 3.05) is 30.4 Å². The third-order valence-corrected chi connectivity index (χ3v) is 5.15. The van der Waals surface area contributed by atoms with Crippen molar-refractivity contribution in [3.05, 3.63) is 77.0 Å². The Balaban J connectivity index is 1.41. The summed E-state index contributed by atoms with van der Waals surface area (Å²) in [6, 6.07) is 18.9. The van der Waals surface area contributed by atoms with Crippen LogP contribution in [-0.4, -0.2) is 30.2 Å². The van der Waals surface area contributed by atoms with Gasteiger partial charge in [-0.3, -0.25) is 0 Å². The first kappa shape index (κ1) is 18.3. The second-order valence-corrected chi connectivity index (χ2v) is 7.16. The smallest absolute Gasteiger partial charge is 0.224 e. The van der Waals surface area contributed by atoms with Gasteiger partial charge in [-0.15, -0.1) is 0 Å². The van der Waals surface area contributed by atoms with Crippen LogP contribution in [0.2, 0.25) is 0 Å². The van der Waals surface area contributed by atoms with Gasteiger partial charge in [-0.2, -0.15) is 4.98 Å². The van der Waals surface area contributed by atoms with Crippen molar-refractivity contribution in [3.63, 3.8) is 0 Å². The fourth-order valence-corrected chi connectivity index (χ4v) is 3.60. The Kier molecular flexibility index (Phi) is 5.42. The summed E-state index contributed by atoms with van der Waals surface area (Å²) in [4.78, 5) is 11.7. The van der Waals surface area contributed by atoms with Gasteiger partial charge < -0.3 is 15.0 Å². The third-order valence-electron chi connectivity index (χ3n) is 5.15. The highest BCUT2D eigenvalue weighted by atomic mass is 16.5. The van der Waals surface area contributed by atoms with E-state index in [9.17, 15) is 0 Å². The maximum Gasteiger partial charge on any atom is 0.224 e. The van der Waals surface area contributed by atoms with Gasteiger partial charge in [0, 0.05) is 31.4 Å². The minimum Gasteiger partial charge on any atom is -0.497 e. The number of rotatable bonds is 6. The van der Waals surface area contributed by atoms with Gasteiger partial charge in [-0.05, 0) is 48.6 Å². The third kappa shape index (κ3) is 4.25. The van der Waals surface area contributed by atoms with Gasteiger partial charge in [-0.25, -0.2) is 4.98 Å². The lowest BCUT2D eigenvalue weighted by atomic mass is 10.00. The van der Waals surface area contributed by atoms with Crippen LogP contribution < -0.4 is 15.0 Å². The van der Waals surface area contributed by atoms with E-state index < -0.39 is 0 Å². The highest BCUT2D eigenvalue weighted by molar-refractivity contribution is 5.48. The zero-order valence-corrected chi connectivity index (χ0v) is 16.5. The Morgan fingerprint density at radius 1 is 1.04 bits per heavy atom. The van der Waals surface area contributed by atoms with E-state index in [0.29, 0.717) is 5.95 Å². The molecule has 3 aromatic rings. The molecule has 144 valence electrons. The second-order valence-electron chi connectivity index (χ2n) is 7.16. The summed E-state index contributed by atoms with van der Waals surface area (Å²) in [6.07, 6.45) is 1.97. The highest BCUT2D eigenvalue weighted by Crippen LogP contribution is 2.24. The first-order valence-corrected chi connectivity index (χ1v) is 9.75. The Hall–Kier alpha value is -3.08. The number of hydrogen-bond donors (Lipinski definition) is 1. The molecule has 2 aromatic carbocycles. The molecule has 0 saturated heterocycles. The molecule has 1 aromatic heterocycles. The van der Waals surface area contributed by atoms with Crippen LogP contribution in [0.5, 0.6) is 5.75 Å². The van der Waals surface area contributed by atoms with Crippen LogP contribution in [0.4, 0.5) is 11.8 Å². The maximum absolute atomic E-state index is 5.21. The lowest BCUT2D eigenvalue weighted by Crippen LogP contribution is -2.31. The zero-order chi connectivity index (χ0) is 19.3. The van der Waals surface area contributed by atoms with Crippen molar-refractivity contribution >= 4 is 11.8 Å². The Morgan fingerprint density at radius 2 is 1.82 bits per heavy atom. The molecule has 2 heterocycles. The van der Waals surface area contributed by atoms with E-state index >= 15 is 0 Å². The Labute approximate surface area is 166 Å². The minimum absolute atomic E-state index is 0.697. The molecule has 0 amide bonds. The van der Waals surface area contributed by atoms with E-state index in [1.807, 2.05) is 19.1 Å². The molecule has 0 fully saturated rings. The molecule has 0 unspecified atom stereocenters. The molecule has 1 N–H and O–H groups in total. The topological polar surface area (TPSA) is 50.3 Å². The van der Waals surface area contributed by atoms with Gasteiger partial charge in [0.15, 0.2) is 0 Å². The SMILES string of the molecule is COc1ccc(CCNc2nc(C)cc(N3CCc4ccccc4C3)n2)cc1. The van der Waals surface area contributed by atoms with Crippen LogP contribution in [0.1, 0.15) is 22.4 Å². The number of nitrogens with one attached hydrogen (secondary N) is 1. The van der Waals surface area contributed by atoms with E-state index in [1.165, 1.54) is 16.7 Å². The molecular formula is C23H26N4O. The molecule has 28 heavy (non-hydrogen) atoms. The van der Waals surface area contributed by atoms with Crippen LogP contribution in [-0.2, 0) is 19.4 Å². The van der Waals surface area contributed by atoms with Crippen molar-refractivity contribution in [1.29, 1.82) is 0 Å². The van der Waals surface area contributed by atoms with Crippen LogP contribution >= 0.6 is 0 Å². The number of methoxy groups -OCH3 is 1. The first-order valence-electron chi connectivity index (χ1n) is 9.75. The van der Waals surface area contributed by atoms with Gasteiger partial charge in [0.25, 0.3) is 0 Å². The fraction of sp³-hybridized carbons (Fsp3) is 0.304. The number of ether oxygens (including phenoxy) is 1. The van der Waals surface area contributed by atoms with Crippen LogP contribution in [0.25, 0.3) is 0 Å². The summed E-state index contributed by atoms with van der Waals surface area (Å²) in [5.74, 6) is 2.57. The molecule has 5 heteroatoms. The van der Waals surface area contributed by atoms with Crippen LogP contribution in [0, 0.1) is 6.92 Å². The van der Waals surface area contributed by atoms with Crippen molar-refractivity contribution in [2.24, 2.45) is 0 Å². The van der Waals surface area contributed by atoms with Crippen LogP contribution in [0.3, 0.4) is 0 Å². The normalized spacial score (nSPS) is 13.1. The van der Waals surface area contributed by atoms with Gasteiger partial charge in [0.2, 0.25) is 5.95 Å². The van der Waals surface area contributed by atoms with E-state index in [2.05, 4.69) is 57.7 Å². The van der Waals surface area contributed by atoms with Gasteiger partial charge in [0.05, 0.1) is 7.11 Å². The van der Waals surface area contributed by atoms with Gasteiger partial charge in [-0.1, -0.05) is 36.4 Å². The van der Waals surface area contributed by atoms with Crippen molar-refractivity contribution < 1.29 is 4.74 Å². The van der Waals surface area contributed by atoms with E-state index in [4.69, 9.17) is 9.72 Å². The summed E-state index contributed by atoms with van der Waals surface area (Å²) in [5, 5.41) is 3.38. The summed E-state index contributed by atoms with van der Waals surface area (Å²) < 4.78 is 5.21. The molecule has 0 atom stereocenters. The second kappa shape index (κ2) is 8.30. The molecule has 5 nitrogen and oxygen atoms in total. The Morgan fingerprint density at radius 3 is 2.61 bits per heavy atom. The van der Waals surface area contributed by atoms with Crippen molar-refractivity contribution in [3.8, 4) is 5.75 Å². The monoisotopic (exact) mass is 374 g/mol. The summed E-state index contributed by atoms with van der Waals surface area (Å²) in [6.45, 7) is 4.70. The van der Waals surface area contributed by atoms with E-state index in [0.717, 1.165) is 49.7 Å². The van der Waals surface area contributed by atoms with E-state index in [-0.39, 0.29) is 0 Å². The molecule has 1 aliphatic rings. The zero-order valence-electron chi connectivity index (χ0n) is 16.5. The fourth-order valence-electron chi connectivity index (χ4n) is 3.60. The largest absolute Gasteiger partial charge is 0.497 e. The molecular weight excluding hydrogens is 348 g/mol. The number of anilines is 2. The Bertz CT molecular complexity index is 940. The predicted octanol–water partition coefficient (Wildman–Crippen LogP) is 4.01. The van der Waals surface area contributed by atoms with E-state index in [1.54, 1.807) is 7.11 Å². The number of aromatic nitrogens is 2. The molecule has 0 radical (unpaired) electrons. The standard InChI is InChI=1S/C23H26N4O/c1-17-15-22(27-14-12-19-5-3-4-6-20(19)16-27)26-23(25-17)24-13-11-18-7-9-21(28-2)10-8-18/h3-10,15H,11-14,16H2,1-2H3,(H,24,25,26). The summed E-state index contributed by atoms with van der Waals surface area (Å²) in [7, 11) is 1.68. The molecule has 1 aliphatic heterocycles. The lowest BCUT2D eigenvalue weighted by molar-refractivity contribution is 0.414. The average Bonchev–Trinajstić information content (AvgIpc) is 2.73.